The standard InChI is InChI=1S/C26H32N4O2/c1-20-26(21(2)30(28-20)23-12-7-4-8-13-23)27-25(31)15-16-29(19-24-14-9-17-32-24)18-22-10-5-3-6-11-22/h3-8,10-13,24H,9,14-19H2,1-2H3,(H,27,31). The SMILES string of the molecule is Cc1nn(-c2ccccc2)c(C)c1NC(=O)CCN(Cc1ccccc1)CC1CCCO1. The van der Waals surface area contributed by atoms with Gasteiger partial charge in [-0.05, 0) is 44.4 Å². The number of carbonyl (C=O) groups is 1. The van der Waals surface area contributed by atoms with Gasteiger partial charge in [-0.2, -0.15) is 5.10 Å². The van der Waals surface area contributed by atoms with Crippen LogP contribution >= 0.6 is 0 Å². The summed E-state index contributed by atoms with van der Waals surface area (Å²) in [6.45, 7) is 7.12. The minimum Gasteiger partial charge on any atom is -0.377 e. The van der Waals surface area contributed by atoms with Crippen molar-refractivity contribution in [1.82, 2.24) is 14.7 Å². The summed E-state index contributed by atoms with van der Waals surface area (Å²) in [5.74, 6) is 0.00853. The number of benzene rings is 2. The fourth-order valence-electron chi connectivity index (χ4n) is 4.26. The Morgan fingerprint density at radius 3 is 2.53 bits per heavy atom. The van der Waals surface area contributed by atoms with Crippen molar-refractivity contribution < 1.29 is 9.53 Å². The molecule has 2 heterocycles. The molecule has 4 rings (SSSR count). The van der Waals surface area contributed by atoms with Crippen LogP contribution in [0.1, 0.15) is 36.2 Å². The van der Waals surface area contributed by atoms with Crippen molar-refractivity contribution in [2.75, 3.05) is 25.0 Å². The number of hydrogen-bond acceptors (Lipinski definition) is 4. The van der Waals surface area contributed by atoms with E-state index in [0.29, 0.717) is 13.0 Å². The molecule has 32 heavy (non-hydrogen) atoms. The molecule has 0 aliphatic carbocycles. The average molecular weight is 433 g/mol. The van der Waals surface area contributed by atoms with Crippen molar-refractivity contribution in [3.05, 3.63) is 77.6 Å². The van der Waals surface area contributed by atoms with Crippen LogP contribution in [0.2, 0.25) is 0 Å². The number of ether oxygens (including phenoxy) is 1. The third-order valence-corrected chi connectivity index (χ3v) is 5.95. The number of carbonyl (C=O) groups excluding carboxylic acids is 1. The molecule has 0 saturated carbocycles. The fourth-order valence-corrected chi connectivity index (χ4v) is 4.26. The first-order chi connectivity index (χ1) is 15.6. The summed E-state index contributed by atoms with van der Waals surface area (Å²) in [5, 5.41) is 7.73. The molecular formula is C26H32N4O2. The van der Waals surface area contributed by atoms with Crippen molar-refractivity contribution in [2.24, 2.45) is 0 Å². The number of anilines is 1. The topological polar surface area (TPSA) is 59.4 Å². The fraction of sp³-hybridized carbons (Fsp3) is 0.385. The van der Waals surface area contributed by atoms with Crippen LogP contribution < -0.4 is 5.32 Å². The minimum absolute atomic E-state index is 0.00853. The number of aromatic nitrogens is 2. The second kappa shape index (κ2) is 10.6. The lowest BCUT2D eigenvalue weighted by Gasteiger charge is -2.25. The second-order valence-corrected chi connectivity index (χ2v) is 8.45. The molecule has 1 fully saturated rings. The molecule has 1 N–H and O–H groups in total. The Labute approximate surface area is 190 Å². The first kappa shape index (κ1) is 22.2. The Kier molecular flexibility index (Phi) is 7.35. The summed E-state index contributed by atoms with van der Waals surface area (Å²) in [7, 11) is 0. The summed E-state index contributed by atoms with van der Waals surface area (Å²) in [6.07, 6.45) is 2.90. The molecule has 6 nitrogen and oxygen atoms in total. The molecule has 1 unspecified atom stereocenters. The van der Waals surface area contributed by atoms with E-state index in [4.69, 9.17) is 4.74 Å². The highest BCUT2D eigenvalue weighted by Crippen LogP contribution is 2.23. The smallest absolute Gasteiger partial charge is 0.225 e. The Bertz CT molecular complexity index is 1010. The van der Waals surface area contributed by atoms with E-state index in [1.54, 1.807) is 0 Å². The van der Waals surface area contributed by atoms with Gasteiger partial charge < -0.3 is 10.1 Å². The number of nitrogens with one attached hydrogen (secondary N) is 1. The number of amides is 1. The lowest BCUT2D eigenvalue weighted by Crippen LogP contribution is -2.34. The van der Waals surface area contributed by atoms with E-state index in [0.717, 1.165) is 55.3 Å². The van der Waals surface area contributed by atoms with Crippen molar-refractivity contribution in [2.45, 2.75) is 45.8 Å². The van der Waals surface area contributed by atoms with Gasteiger partial charge in [0.25, 0.3) is 0 Å². The van der Waals surface area contributed by atoms with Gasteiger partial charge in [0, 0.05) is 32.7 Å². The average Bonchev–Trinajstić information content (AvgIpc) is 3.42. The number of para-hydroxylation sites is 1. The number of rotatable bonds is 9. The molecule has 0 radical (unpaired) electrons. The van der Waals surface area contributed by atoms with Gasteiger partial charge in [-0.15, -0.1) is 0 Å². The quantitative estimate of drug-likeness (QED) is 0.541. The summed E-state index contributed by atoms with van der Waals surface area (Å²) in [5.41, 5.74) is 4.79. The van der Waals surface area contributed by atoms with E-state index < -0.39 is 0 Å². The van der Waals surface area contributed by atoms with Gasteiger partial charge in [0.2, 0.25) is 5.91 Å². The molecule has 0 spiro atoms. The van der Waals surface area contributed by atoms with E-state index >= 15 is 0 Å². The molecule has 1 aromatic heterocycles. The van der Waals surface area contributed by atoms with Gasteiger partial charge >= 0.3 is 0 Å². The van der Waals surface area contributed by atoms with Crippen molar-refractivity contribution in [3.8, 4) is 5.69 Å². The zero-order valence-corrected chi connectivity index (χ0v) is 19.0. The summed E-state index contributed by atoms with van der Waals surface area (Å²) in [4.78, 5) is 15.2. The molecule has 0 bridgehead atoms. The van der Waals surface area contributed by atoms with Gasteiger partial charge in [0.1, 0.15) is 0 Å². The Morgan fingerprint density at radius 2 is 1.84 bits per heavy atom. The number of aryl methyl sites for hydroxylation is 1. The molecule has 1 aliphatic rings. The predicted molar refractivity (Wildman–Crippen MR) is 127 cm³/mol. The van der Waals surface area contributed by atoms with Gasteiger partial charge in [0.15, 0.2) is 0 Å². The molecule has 1 aliphatic heterocycles. The molecule has 2 aromatic carbocycles. The van der Waals surface area contributed by atoms with E-state index in [1.807, 2.05) is 54.9 Å². The van der Waals surface area contributed by atoms with E-state index in [1.165, 1.54) is 5.56 Å². The molecule has 168 valence electrons. The molecule has 1 saturated heterocycles. The van der Waals surface area contributed by atoms with Crippen molar-refractivity contribution in [1.29, 1.82) is 0 Å². The summed E-state index contributed by atoms with van der Waals surface area (Å²) in [6, 6.07) is 20.4. The van der Waals surface area contributed by atoms with Crippen LogP contribution in [0.4, 0.5) is 5.69 Å². The Balaban J connectivity index is 1.39. The van der Waals surface area contributed by atoms with Gasteiger partial charge in [-0.3, -0.25) is 9.69 Å². The monoisotopic (exact) mass is 432 g/mol. The van der Waals surface area contributed by atoms with Crippen LogP contribution in [0.15, 0.2) is 60.7 Å². The maximum atomic E-state index is 12.9. The van der Waals surface area contributed by atoms with Crippen LogP contribution in [0.25, 0.3) is 5.69 Å². The first-order valence-corrected chi connectivity index (χ1v) is 11.4. The van der Waals surface area contributed by atoms with E-state index in [2.05, 4.69) is 39.6 Å². The van der Waals surface area contributed by atoms with Crippen LogP contribution in [-0.4, -0.2) is 46.4 Å². The Hall–Kier alpha value is -2.96. The van der Waals surface area contributed by atoms with Gasteiger partial charge in [0.05, 0.1) is 28.9 Å². The first-order valence-electron chi connectivity index (χ1n) is 11.4. The summed E-state index contributed by atoms with van der Waals surface area (Å²) < 4.78 is 7.73. The van der Waals surface area contributed by atoms with Crippen LogP contribution in [0.5, 0.6) is 0 Å². The van der Waals surface area contributed by atoms with E-state index in [-0.39, 0.29) is 12.0 Å². The highest BCUT2D eigenvalue weighted by atomic mass is 16.5. The molecule has 6 heteroatoms. The predicted octanol–water partition coefficient (Wildman–Crippen LogP) is 4.50. The van der Waals surface area contributed by atoms with Crippen LogP contribution in [-0.2, 0) is 16.1 Å². The largest absolute Gasteiger partial charge is 0.377 e. The van der Waals surface area contributed by atoms with Crippen molar-refractivity contribution >= 4 is 11.6 Å². The Morgan fingerprint density at radius 1 is 1.12 bits per heavy atom. The maximum Gasteiger partial charge on any atom is 0.225 e. The zero-order valence-electron chi connectivity index (χ0n) is 19.0. The van der Waals surface area contributed by atoms with Gasteiger partial charge in [-0.1, -0.05) is 48.5 Å². The van der Waals surface area contributed by atoms with Gasteiger partial charge in [-0.25, -0.2) is 4.68 Å². The zero-order chi connectivity index (χ0) is 22.3. The molecular weight excluding hydrogens is 400 g/mol. The lowest BCUT2D eigenvalue weighted by atomic mass is 10.1. The van der Waals surface area contributed by atoms with Crippen molar-refractivity contribution in [3.63, 3.8) is 0 Å². The minimum atomic E-state index is 0.00853. The highest BCUT2D eigenvalue weighted by Gasteiger charge is 2.21. The number of hydrogen-bond donors (Lipinski definition) is 1. The lowest BCUT2D eigenvalue weighted by molar-refractivity contribution is -0.116. The maximum absolute atomic E-state index is 12.9. The number of nitrogens with zero attached hydrogens (tertiary/aromatic N) is 3. The summed E-state index contributed by atoms with van der Waals surface area (Å²) >= 11 is 0. The molecule has 1 amide bonds. The normalized spacial score (nSPS) is 15.9. The third-order valence-electron chi connectivity index (χ3n) is 5.95. The van der Waals surface area contributed by atoms with Crippen LogP contribution in [0, 0.1) is 13.8 Å². The second-order valence-electron chi connectivity index (χ2n) is 8.45. The highest BCUT2D eigenvalue weighted by molar-refractivity contribution is 5.92. The third kappa shape index (κ3) is 5.64. The van der Waals surface area contributed by atoms with Crippen LogP contribution in [0.3, 0.4) is 0 Å². The molecule has 3 aromatic rings. The van der Waals surface area contributed by atoms with E-state index in [9.17, 15) is 4.79 Å². The molecule has 1 atom stereocenters.